The van der Waals surface area contributed by atoms with Crippen LogP contribution in [0.5, 0.6) is 0 Å². The van der Waals surface area contributed by atoms with E-state index in [4.69, 9.17) is 5.73 Å². The number of hydrogen-bond donors (Lipinski definition) is 1. The fourth-order valence-electron chi connectivity index (χ4n) is 1.34. The molecule has 1 aromatic carbocycles. The minimum Gasteiger partial charge on any atom is -0.322 e. The highest BCUT2D eigenvalue weighted by Gasteiger charge is 2.22. The topological polar surface area (TPSA) is 26.0 Å². The second-order valence-corrected chi connectivity index (χ2v) is 5.94. The Hall–Kier alpha value is -0.470. The lowest BCUT2D eigenvalue weighted by atomic mass is 9.96. The molecule has 0 bridgehead atoms. The lowest BCUT2D eigenvalue weighted by Crippen LogP contribution is -2.28. The molecule has 0 heterocycles. The highest BCUT2D eigenvalue weighted by Crippen LogP contribution is 2.39. The Bertz CT molecular complexity index is 306. The zero-order chi connectivity index (χ0) is 10.2. The van der Waals surface area contributed by atoms with Gasteiger partial charge in [0.2, 0.25) is 0 Å². The van der Waals surface area contributed by atoms with Crippen molar-refractivity contribution in [3.05, 3.63) is 29.8 Å². The fraction of sp³-hybridized carbons (Fsp3) is 0.500. The third kappa shape index (κ3) is 2.52. The summed E-state index contributed by atoms with van der Waals surface area (Å²) in [5.74, 6) is 0. The van der Waals surface area contributed by atoms with Crippen molar-refractivity contribution in [2.24, 2.45) is 5.73 Å². The maximum Gasteiger partial charge on any atom is 0.0352 e. The maximum atomic E-state index is 6.01. The summed E-state index contributed by atoms with van der Waals surface area (Å²) in [7, 11) is 0. The van der Waals surface area contributed by atoms with Gasteiger partial charge in [0.1, 0.15) is 0 Å². The monoisotopic (exact) mass is 207 g/mol. The van der Waals surface area contributed by atoms with Gasteiger partial charge in [-0.05, 0) is 44.4 Å². The van der Waals surface area contributed by atoms with Gasteiger partial charge >= 0.3 is 0 Å². The Labute approximate surface area is 90.1 Å². The number of rotatable bonds is 3. The molecule has 0 saturated heterocycles. The predicted octanol–water partition coefficient (Wildman–Crippen LogP) is 3.13. The second kappa shape index (κ2) is 3.59. The van der Waals surface area contributed by atoms with Crippen molar-refractivity contribution in [3.8, 4) is 0 Å². The summed E-state index contributed by atoms with van der Waals surface area (Å²) in [4.78, 5) is 1.38. The van der Waals surface area contributed by atoms with Gasteiger partial charge in [0.15, 0.2) is 0 Å². The highest BCUT2D eigenvalue weighted by atomic mass is 32.2. The smallest absolute Gasteiger partial charge is 0.0352 e. The van der Waals surface area contributed by atoms with Crippen LogP contribution in [0, 0.1) is 0 Å². The maximum absolute atomic E-state index is 6.01. The molecule has 1 aliphatic rings. The van der Waals surface area contributed by atoms with E-state index in [0.717, 1.165) is 5.25 Å². The van der Waals surface area contributed by atoms with Gasteiger partial charge in [-0.3, -0.25) is 0 Å². The quantitative estimate of drug-likeness (QED) is 0.824. The largest absolute Gasteiger partial charge is 0.322 e. The van der Waals surface area contributed by atoms with Crippen LogP contribution < -0.4 is 5.73 Å². The molecule has 0 aliphatic heterocycles. The van der Waals surface area contributed by atoms with Crippen molar-refractivity contribution >= 4 is 11.8 Å². The summed E-state index contributed by atoms with van der Waals surface area (Å²) in [6.45, 7) is 4.08. The minimum atomic E-state index is -0.219. The first-order valence-electron chi connectivity index (χ1n) is 5.12. The van der Waals surface area contributed by atoms with E-state index < -0.39 is 0 Å². The Balaban J connectivity index is 2.08. The van der Waals surface area contributed by atoms with E-state index in [1.54, 1.807) is 0 Å². The molecule has 1 saturated carbocycles. The zero-order valence-corrected chi connectivity index (χ0v) is 9.60. The third-order valence-corrected chi connectivity index (χ3v) is 3.77. The summed E-state index contributed by atoms with van der Waals surface area (Å²) in [6.07, 6.45) is 2.77. The van der Waals surface area contributed by atoms with E-state index >= 15 is 0 Å². The van der Waals surface area contributed by atoms with Crippen LogP contribution in [0.25, 0.3) is 0 Å². The summed E-state index contributed by atoms with van der Waals surface area (Å²) in [5, 5.41) is 0.881. The first-order valence-corrected chi connectivity index (χ1v) is 6.00. The average molecular weight is 207 g/mol. The molecule has 0 unspecified atom stereocenters. The van der Waals surface area contributed by atoms with Gasteiger partial charge in [-0.15, -0.1) is 11.8 Å². The summed E-state index contributed by atoms with van der Waals surface area (Å²) >= 11 is 1.99. The average Bonchev–Trinajstić information content (AvgIpc) is 2.88. The standard InChI is InChI=1S/C12H17NS/c1-12(2,13)9-3-5-10(6-4-9)14-11-7-8-11/h3-6,11H,7-8,13H2,1-2H3. The van der Waals surface area contributed by atoms with Crippen LogP contribution in [0.1, 0.15) is 32.3 Å². The molecule has 0 radical (unpaired) electrons. The summed E-state index contributed by atoms with van der Waals surface area (Å²) in [5.41, 5.74) is 7.00. The normalized spacial score (nSPS) is 17.1. The van der Waals surface area contributed by atoms with E-state index in [2.05, 4.69) is 24.3 Å². The van der Waals surface area contributed by atoms with E-state index in [0.29, 0.717) is 0 Å². The van der Waals surface area contributed by atoms with Crippen LogP contribution >= 0.6 is 11.8 Å². The third-order valence-electron chi connectivity index (χ3n) is 2.43. The molecule has 0 atom stereocenters. The van der Waals surface area contributed by atoms with Crippen molar-refractivity contribution in [2.75, 3.05) is 0 Å². The molecule has 1 nitrogen and oxygen atoms in total. The van der Waals surface area contributed by atoms with Gasteiger partial charge in [-0.25, -0.2) is 0 Å². The lowest BCUT2D eigenvalue weighted by Gasteiger charge is -2.19. The highest BCUT2D eigenvalue weighted by molar-refractivity contribution is 8.00. The summed E-state index contributed by atoms with van der Waals surface area (Å²) in [6, 6.07) is 8.66. The fourth-order valence-corrected chi connectivity index (χ4v) is 2.39. The molecule has 0 spiro atoms. The van der Waals surface area contributed by atoms with Crippen molar-refractivity contribution < 1.29 is 0 Å². The van der Waals surface area contributed by atoms with Crippen LogP contribution in [0.3, 0.4) is 0 Å². The van der Waals surface area contributed by atoms with Crippen molar-refractivity contribution in [1.82, 2.24) is 0 Å². The van der Waals surface area contributed by atoms with Gasteiger partial charge in [0, 0.05) is 15.7 Å². The molecule has 1 aliphatic carbocycles. The molecule has 14 heavy (non-hydrogen) atoms. The minimum absolute atomic E-state index is 0.219. The Morgan fingerprint density at radius 2 is 1.79 bits per heavy atom. The Morgan fingerprint density at radius 1 is 1.21 bits per heavy atom. The first-order chi connectivity index (χ1) is 6.55. The van der Waals surface area contributed by atoms with Crippen molar-refractivity contribution in [2.45, 2.75) is 42.4 Å². The molecule has 76 valence electrons. The molecule has 1 fully saturated rings. The van der Waals surface area contributed by atoms with Gasteiger partial charge in [-0.2, -0.15) is 0 Å². The Kier molecular flexibility index (Phi) is 2.58. The molecule has 1 aromatic rings. The second-order valence-electron chi connectivity index (χ2n) is 4.56. The van der Waals surface area contributed by atoms with Crippen LogP contribution in [-0.2, 0) is 5.54 Å². The van der Waals surface area contributed by atoms with Crippen LogP contribution in [0.15, 0.2) is 29.2 Å². The Morgan fingerprint density at radius 3 is 2.21 bits per heavy atom. The molecular formula is C12H17NS. The van der Waals surface area contributed by atoms with E-state index in [9.17, 15) is 0 Å². The van der Waals surface area contributed by atoms with Gasteiger partial charge in [-0.1, -0.05) is 12.1 Å². The van der Waals surface area contributed by atoms with Gasteiger partial charge in [0.05, 0.1) is 0 Å². The molecule has 0 aromatic heterocycles. The number of nitrogens with two attached hydrogens (primary N) is 1. The first kappa shape index (κ1) is 10.1. The molecule has 0 amide bonds. The molecular weight excluding hydrogens is 190 g/mol. The lowest BCUT2D eigenvalue weighted by molar-refractivity contribution is 0.554. The molecule has 2 N–H and O–H groups in total. The predicted molar refractivity (Wildman–Crippen MR) is 62.5 cm³/mol. The van der Waals surface area contributed by atoms with E-state index in [1.807, 2.05) is 25.6 Å². The van der Waals surface area contributed by atoms with Crippen LogP contribution in [0.2, 0.25) is 0 Å². The van der Waals surface area contributed by atoms with Crippen molar-refractivity contribution in [3.63, 3.8) is 0 Å². The van der Waals surface area contributed by atoms with Gasteiger partial charge in [0.25, 0.3) is 0 Å². The van der Waals surface area contributed by atoms with E-state index in [-0.39, 0.29) is 5.54 Å². The zero-order valence-electron chi connectivity index (χ0n) is 8.79. The molecule has 2 rings (SSSR count). The number of benzene rings is 1. The number of hydrogen-bond acceptors (Lipinski definition) is 2. The number of thioether (sulfide) groups is 1. The SMILES string of the molecule is CC(C)(N)c1ccc(SC2CC2)cc1. The van der Waals surface area contributed by atoms with Gasteiger partial charge < -0.3 is 5.73 Å². The van der Waals surface area contributed by atoms with E-state index in [1.165, 1.54) is 23.3 Å². The van der Waals surface area contributed by atoms with Crippen molar-refractivity contribution in [1.29, 1.82) is 0 Å². The molecule has 2 heteroatoms. The van der Waals surface area contributed by atoms with Crippen LogP contribution in [0.4, 0.5) is 0 Å². The summed E-state index contributed by atoms with van der Waals surface area (Å²) < 4.78 is 0. The van der Waals surface area contributed by atoms with Crippen LogP contribution in [-0.4, -0.2) is 5.25 Å².